The number of thioether (sulfide) groups is 2. The van der Waals surface area contributed by atoms with Crippen molar-refractivity contribution in [2.45, 2.75) is 13.9 Å². The van der Waals surface area contributed by atoms with E-state index in [1.54, 1.807) is 24.3 Å². The SMILES string of the molecule is COC(=O)NC(=O)C(C#N)(Sc1ccccc1)Sc1ccccc1. The summed E-state index contributed by atoms with van der Waals surface area (Å²) in [4.78, 5) is 25.5. The highest BCUT2D eigenvalue weighted by atomic mass is 32.2. The maximum atomic E-state index is 12.6. The van der Waals surface area contributed by atoms with Gasteiger partial charge in [0.25, 0.3) is 5.91 Å². The van der Waals surface area contributed by atoms with E-state index in [1.165, 1.54) is 0 Å². The fraction of sp³-hybridized carbons (Fsp3) is 0.118. The van der Waals surface area contributed by atoms with Crippen molar-refractivity contribution >= 4 is 35.5 Å². The Kier molecular flexibility index (Phi) is 6.29. The van der Waals surface area contributed by atoms with Crippen LogP contribution in [0.3, 0.4) is 0 Å². The van der Waals surface area contributed by atoms with Crippen LogP contribution in [0.25, 0.3) is 0 Å². The van der Waals surface area contributed by atoms with Crippen molar-refractivity contribution in [1.29, 1.82) is 5.26 Å². The van der Waals surface area contributed by atoms with E-state index in [-0.39, 0.29) is 0 Å². The first-order valence-electron chi connectivity index (χ1n) is 6.88. The van der Waals surface area contributed by atoms with Crippen LogP contribution >= 0.6 is 23.5 Å². The molecule has 0 aliphatic rings. The minimum absolute atomic E-state index is 0.737. The molecule has 0 atom stereocenters. The van der Waals surface area contributed by atoms with Crippen LogP contribution in [0.4, 0.5) is 4.79 Å². The van der Waals surface area contributed by atoms with Gasteiger partial charge >= 0.3 is 6.09 Å². The number of alkyl carbamates (subject to hydrolysis) is 1. The van der Waals surface area contributed by atoms with E-state index < -0.39 is 16.1 Å². The number of amides is 2. The number of methoxy groups -OCH3 is 1. The molecule has 0 aromatic heterocycles. The number of hydrogen-bond acceptors (Lipinski definition) is 6. The highest BCUT2D eigenvalue weighted by Gasteiger charge is 2.42. The van der Waals surface area contributed by atoms with E-state index in [4.69, 9.17) is 0 Å². The Morgan fingerprint density at radius 2 is 1.46 bits per heavy atom. The molecule has 0 heterocycles. The first-order valence-corrected chi connectivity index (χ1v) is 8.52. The molecule has 2 aromatic carbocycles. The van der Waals surface area contributed by atoms with E-state index in [0.29, 0.717) is 0 Å². The molecule has 2 rings (SSSR count). The van der Waals surface area contributed by atoms with Gasteiger partial charge in [0.2, 0.25) is 4.08 Å². The summed E-state index contributed by atoms with van der Waals surface area (Å²) in [6.45, 7) is 0. The Morgan fingerprint density at radius 3 is 1.83 bits per heavy atom. The standard InChI is InChI=1S/C17H14N2O3S2/c1-22-16(21)19-15(20)17(12-18,23-13-8-4-2-5-9-13)24-14-10-6-3-7-11-14/h2-11H,1H3,(H,19,20,21). The van der Waals surface area contributed by atoms with Crippen molar-refractivity contribution in [1.82, 2.24) is 5.32 Å². The summed E-state index contributed by atoms with van der Waals surface area (Å²) in [5.74, 6) is -0.737. The molecule has 2 aromatic rings. The number of ether oxygens (including phenoxy) is 1. The summed E-state index contributed by atoms with van der Waals surface area (Å²) in [7, 11) is 1.16. The van der Waals surface area contributed by atoms with E-state index in [0.717, 1.165) is 40.4 Å². The molecule has 0 unspecified atom stereocenters. The van der Waals surface area contributed by atoms with E-state index >= 15 is 0 Å². The fourth-order valence-electron chi connectivity index (χ4n) is 1.74. The van der Waals surface area contributed by atoms with Crippen molar-refractivity contribution < 1.29 is 14.3 Å². The number of nitrogens with zero attached hydrogens (tertiary/aromatic N) is 1. The fourth-order valence-corrected chi connectivity index (χ4v) is 4.12. The Labute approximate surface area is 148 Å². The highest BCUT2D eigenvalue weighted by Crippen LogP contribution is 2.45. The lowest BCUT2D eigenvalue weighted by molar-refractivity contribution is -0.119. The Hall–Kier alpha value is -2.43. The number of carbonyl (C=O) groups excluding carboxylic acids is 2. The van der Waals surface area contributed by atoms with Gasteiger partial charge in [0.15, 0.2) is 0 Å². The minimum Gasteiger partial charge on any atom is -0.453 e. The number of carbonyl (C=O) groups is 2. The third-order valence-electron chi connectivity index (χ3n) is 2.86. The average Bonchev–Trinajstić information content (AvgIpc) is 2.62. The lowest BCUT2D eigenvalue weighted by Gasteiger charge is -2.23. The summed E-state index contributed by atoms with van der Waals surface area (Å²) in [6.07, 6.45) is -0.901. The van der Waals surface area contributed by atoms with Crippen molar-refractivity contribution in [2.75, 3.05) is 7.11 Å². The molecule has 0 saturated heterocycles. The summed E-state index contributed by atoms with van der Waals surface area (Å²) in [5.41, 5.74) is 0. The number of benzene rings is 2. The van der Waals surface area contributed by atoms with Crippen LogP contribution < -0.4 is 5.32 Å². The number of imide groups is 1. The molecule has 0 bridgehead atoms. The number of rotatable bonds is 5. The Balaban J connectivity index is 2.36. The Morgan fingerprint density at radius 1 is 1.00 bits per heavy atom. The van der Waals surface area contributed by atoms with Gasteiger partial charge in [-0.3, -0.25) is 10.1 Å². The molecule has 0 aliphatic heterocycles. The van der Waals surface area contributed by atoms with Gasteiger partial charge < -0.3 is 4.74 Å². The zero-order chi connectivity index (χ0) is 17.4. The van der Waals surface area contributed by atoms with Crippen molar-refractivity contribution in [3.8, 4) is 6.07 Å². The van der Waals surface area contributed by atoms with Crippen LogP contribution in [0.15, 0.2) is 70.5 Å². The van der Waals surface area contributed by atoms with Gasteiger partial charge in [-0.15, -0.1) is 0 Å². The zero-order valence-corrected chi connectivity index (χ0v) is 14.4. The first-order chi connectivity index (χ1) is 11.6. The summed E-state index contributed by atoms with van der Waals surface area (Å²) >= 11 is 2.15. The van der Waals surface area contributed by atoms with Gasteiger partial charge in [-0.05, 0) is 24.3 Å². The van der Waals surface area contributed by atoms with E-state index in [9.17, 15) is 14.9 Å². The average molecular weight is 358 g/mol. The van der Waals surface area contributed by atoms with Crippen LogP contribution in [0.2, 0.25) is 0 Å². The number of nitriles is 1. The van der Waals surface area contributed by atoms with Crippen LogP contribution in [0, 0.1) is 11.3 Å². The van der Waals surface area contributed by atoms with E-state index in [1.807, 2.05) is 42.5 Å². The summed E-state index contributed by atoms with van der Waals surface area (Å²) < 4.78 is 2.89. The van der Waals surface area contributed by atoms with E-state index in [2.05, 4.69) is 10.1 Å². The molecule has 7 heteroatoms. The van der Waals surface area contributed by atoms with Gasteiger partial charge in [-0.2, -0.15) is 5.26 Å². The smallest absolute Gasteiger partial charge is 0.413 e. The highest BCUT2D eigenvalue weighted by molar-refractivity contribution is 8.19. The lowest BCUT2D eigenvalue weighted by Crippen LogP contribution is -2.43. The summed E-state index contributed by atoms with van der Waals surface area (Å²) in [6, 6.07) is 20.2. The lowest BCUT2D eigenvalue weighted by atomic mass is 10.4. The van der Waals surface area contributed by atoms with Crippen LogP contribution in [0.1, 0.15) is 0 Å². The van der Waals surface area contributed by atoms with Crippen molar-refractivity contribution in [3.05, 3.63) is 60.7 Å². The maximum absolute atomic E-state index is 12.6. The topological polar surface area (TPSA) is 79.2 Å². The molecule has 24 heavy (non-hydrogen) atoms. The molecule has 2 amide bonds. The zero-order valence-electron chi connectivity index (χ0n) is 12.8. The largest absolute Gasteiger partial charge is 0.453 e. The molecule has 0 saturated carbocycles. The van der Waals surface area contributed by atoms with Gasteiger partial charge in [-0.1, -0.05) is 59.9 Å². The van der Waals surface area contributed by atoms with Gasteiger partial charge in [0.05, 0.1) is 7.11 Å². The molecule has 1 N–H and O–H groups in total. The van der Waals surface area contributed by atoms with Crippen LogP contribution in [0.5, 0.6) is 0 Å². The second-order valence-corrected chi connectivity index (χ2v) is 7.34. The molecule has 0 aliphatic carbocycles. The summed E-state index contributed by atoms with van der Waals surface area (Å²) in [5, 5.41) is 11.8. The number of hydrogen-bond donors (Lipinski definition) is 1. The second-order valence-electron chi connectivity index (χ2n) is 4.50. The molecule has 0 spiro atoms. The maximum Gasteiger partial charge on any atom is 0.413 e. The number of nitrogens with one attached hydrogen (secondary N) is 1. The van der Waals surface area contributed by atoms with Crippen LogP contribution in [-0.2, 0) is 9.53 Å². The third kappa shape index (κ3) is 4.54. The molecule has 5 nitrogen and oxygen atoms in total. The van der Waals surface area contributed by atoms with Crippen molar-refractivity contribution in [2.24, 2.45) is 0 Å². The molecular formula is C17H14N2O3S2. The third-order valence-corrected chi connectivity index (χ3v) is 5.50. The van der Waals surface area contributed by atoms with Crippen molar-refractivity contribution in [3.63, 3.8) is 0 Å². The molecule has 0 radical (unpaired) electrons. The molecule has 122 valence electrons. The normalized spacial score (nSPS) is 10.5. The first kappa shape index (κ1) is 17.9. The monoisotopic (exact) mass is 358 g/mol. The van der Waals surface area contributed by atoms with Gasteiger partial charge in [-0.25, -0.2) is 4.79 Å². The van der Waals surface area contributed by atoms with Gasteiger partial charge in [0, 0.05) is 9.79 Å². The van der Waals surface area contributed by atoms with Crippen LogP contribution in [-0.4, -0.2) is 23.2 Å². The predicted octanol–water partition coefficient (Wildman–Crippen LogP) is 3.67. The Bertz CT molecular complexity index is 704. The molecule has 0 fully saturated rings. The second kappa shape index (κ2) is 8.43. The minimum atomic E-state index is -1.57. The molecular weight excluding hydrogens is 344 g/mol. The predicted molar refractivity (Wildman–Crippen MR) is 93.5 cm³/mol. The quantitative estimate of drug-likeness (QED) is 0.649. The van der Waals surface area contributed by atoms with Gasteiger partial charge in [0.1, 0.15) is 6.07 Å².